The topological polar surface area (TPSA) is 75.1 Å². The molecule has 0 spiro atoms. The molecule has 1 aromatic heterocycles. The first-order valence-electron chi connectivity index (χ1n) is 6.17. The van der Waals surface area contributed by atoms with Crippen LogP contribution in [0.15, 0.2) is 36.7 Å². The fraction of sp³-hybridized carbons (Fsp3) is 0.214. The lowest BCUT2D eigenvalue weighted by molar-refractivity contribution is -0.138. The van der Waals surface area contributed by atoms with Gasteiger partial charge in [0.2, 0.25) is 0 Å². The van der Waals surface area contributed by atoms with Crippen LogP contribution in [-0.4, -0.2) is 21.0 Å². The number of nitrogens with one attached hydrogen (secondary N) is 1. The van der Waals surface area contributed by atoms with E-state index in [-0.39, 0.29) is 11.5 Å². The predicted octanol–water partition coefficient (Wildman–Crippen LogP) is 2.42. The smallest absolute Gasteiger partial charge is 0.330 e. The Morgan fingerprint density at radius 3 is 2.65 bits per heavy atom. The van der Waals surface area contributed by atoms with Crippen LogP contribution in [0, 0.1) is 5.82 Å². The molecule has 6 heteroatoms. The van der Waals surface area contributed by atoms with Gasteiger partial charge in [0.25, 0.3) is 0 Å². The lowest BCUT2D eigenvalue weighted by atomic mass is 10.1. The van der Waals surface area contributed by atoms with Crippen molar-refractivity contribution in [2.24, 2.45) is 0 Å². The lowest BCUT2D eigenvalue weighted by Gasteiger charge is -2.16. The molecule has 20 heavy (non-hydrogen) atoms. The fourth-order valence-corrected chi connectivity index (χ4v) is 1.82. The first kappa shape index (κ1) is 13.9. The average molecular weight is 275 g/mol. The van der Waals surface area contributed by atoms with Crippen molar-refractivity contribution >= 4 is 11.8 Å². The Labute approximate surface area is 115 Å². The van der Waals surface area contributed by atoms with E-state index in [1.807, 2.05) is 0 Å². The van der Waals surface area contributed by atoms with Crippen LogP contribution in [0.2, 0.25) is 0 Å². The quantitative estimate of drug-likeness (QED) is 0.876. The fourth-order valence-electron chi connectivity index (χ4n) is 1.82. The summed E-state index contributed by atoms with van der Waals surface area (Å²) in [6.07, 6.45) is 1.63. The molecule has 1 atom stereocenters. The van der Waals surface area contributed by atoms with Crippen LogP contribution in [0.1, 0.15) is 24.2 Å². The highest BCUT2D eigenvalue weighted by Crippen LogP contribution is 2.21. The van der Waals surface area contributed by atoms with Crippen molar-refractivity contribution in [1.82, 2.24) is 9.97 Å². The molecule has 0 bridgehead atoms. The van der Waals surface area contributed by atoms with Crippen LogP contribution in [0.25, 0.3) is 0 Å². The number of carbonyl (C=O) groups is 1. The first-order chi connectivity index (χ1) is 9.63. The SMILES string of the molecule is CCc1ncnc(NC(C(=O)O)c2ccccc2)c1F. The average Bonchev–Trinajstić information content (AvgIpc) is 2.46. The van der Waals surface area contributed by atoms with Gasteiger partial charge in [0.05, 0.1) is 5.69 Å². The number of hydrogen-bond acceptors (Lipinski definition) is 4. The molecule has 2 rings (SSSR count). The standard InChI is InChI=1S/C14H14FN3O2/c1-2-10-11(15)13(17-8-16-10)18-12(14(19)20)9-6-4-3-5-7-9/h3-8,12H,2H2,1H3,(H,19,20)(H,16,17,18). The molecule has 0 saturated heterocycles. The molecule has 0 aliphatic rings. The number of carboxylic acids is 1. The first-order valence-corrected chi connectivity index (χ1v) is 6.17. The van der Waals surface area contributed by atoms with E-state index in [1.54, 1.807) is 37.3 Å². The third-order valence-electron chi connectivity index (χ3n) is 2.86. The maximum atomic E-state index is 14.0. The molecule has 0 radical (unpaired) electrons. The number of benzene rings is 1. The second kappa shape index (κ2) is 6.10. The maximum Gasteiger partial charge on any atom is 0.330 e. The van der Waals surface area contributed by atoms with Crippen LogP contribution in [0.4, 0.5) is 10.2 Å². The summed E-state index contributed by atoms with van der Waals surface area (Å²) in [6.45, 7) is 1.76. The number of rotatable bonds is 5. The Morgan fingerprint density at radius 1 is 1.35 bits per heavy atom. The van der Waals surface area contributed by atoms with E-state index in [0.29, 0.717) is 12.0 Å². The molecule has 0 saturated carbocycles. The molecule has 0 aliphatic heterocycles. The number of carboxylic acid groups (broad SMARTS) is 1. The Bertz CT molecular complexity index is 605. The highest BCUT2D eigenvalue weighted by Gasteiger charge is 2.22. The van der Waals surface area contributed by atoms with Crippen molar-refractivity contribution in [3.63, 3.8) is 0 Å². The van der Waals surface area contributed by atoms with Gasteiger partial charge in [-0.1, -0.05) is 37.3 Å². The van der Waals surface area contributed by atoms with Gasteiger partial charge in [0.15, 0.2) is 17.7 Å². The van der Waals surface area contributed by atoms with E-state index in [4.69, 9.17) is 0 Å². The van der Waals surface area contributed by atoms with Gasteiger partial charge in [-0.3, -0.25) is 0 Å². The molecule has 0 fully saturated rings. The normalized spacial score (nSPS) is 11.9. The predicted molar refractivity (Wildman–Crippen MR) is 71.8 cm³/mol. The summed E-state index contributed by atoms with van der Waals surface area (Å²) in [5, 5.41) is 11.9. The van der Waals surface area contributed by atoms with Gasteiger partial charge >= 0.3 is 5.97 Å². The monoisotopic (exact) mass is 275 g/mol. The highest BCUT2D eigenvalue weighted by atomic mass is 19.1. The van der Waals surface area contributed by atoms with Crippen molar-refractivity contribution < 1.29 is 14.3 Å². The molecule has 104 valence electrons. The van der Waals surface area contributed by atoms with Crippen molar-refractivity contribution in [1.29, 1.82) is 0 Å². The summed E-state index contributed by atoms with van der Waals surface area (Å²) in [4.78, 5) is 18.9. The number of aryl methyl sites for hydroxylation is 1. The second-order valence-corrected chi connectivity index (χ2v) is 4.16. The Morgan fingerprint density at radius 2 is 2.05 bits per heavy atom. The number of aliphatic carboxylic acids is 1. The van der Waals surface area contributed by atoms with Gasteiger partial charge < -0.3 is 10.4 Å². The van der Waals surface area contributed by atoms with Gasteiger partial charge in [-0.05, 0) is 12.0 Å². The van der Waals surface area contributed by atoms with Gasteiger partial charge in [0, 0.05) is 0 Å². The summed E-state index contributed by atoms with van der Waals surface area (Å²) >= 11 is 0. The zero-order valence-electron chi connectivity index (χ0n) is 10.9. The van der Waals surface area contributed by atoms with Gasteiger partial charge in [0.1, 0.15) is 6.33 Å². The van der Waals surface area contributed by atoms with Gasteiger partial charge in [-0.25, -0.2) is 19.2 Å². The van der Waals surface area contributed by atoms with E-state index in [0.717, 1.165) is 0 Å². The van der Waals surface area contributed by atoms with E-state index in [9.17, 15) is 14.3 Å². The van der Waals surface area contributed by atoms with Crippen LogP contribution in [-0.2, 0) is 11.2 Å². The minimum absolute atomic E-state index is 0.104. The molecule has 1 unspecified atom stereocenters. The van der Waals surface area contributed by atoms with Crippen molar-refractivity contribution in [3.05, 3.63) is 53.7 Å². The van der Waals surface area contributed by atoms with Crippen LogP contribution in [0.3, 0.4) is 0 Å². The molecule has 2 aromatic rings. The Balaban J connectivity index is 2.33. The zero-order chi connectivity index (χ0) is 14.5. The Hall–Kier alpha value is -2.50. The third-order valence-corrected chi connectivity index (χ3v) is 2.86. The molecule has 0 aliphatic carbocycles. The summed E-state index contributed by atoms with van der Waals surface area (Å²) in [6, 6.07) is 7.48. The number of anilines is 1. The summed E-state index contributed by atoms with van der Waals surface area (Å²) in [5.41, 5.74) is 0.774. The van der Waals surface area contributed by atoms with E-state index >= 15 is 0 Å². The number of hydrogen-bond donors (Lipinski definition) is 2. The second-order valence-electron chi connectivity index (χ2n) is 4.16. The molecule has 0 amide bonds. The number of aromatic nitrogens is 2. The Kier molecular flexibility index (Phi) is 4.24. The van der Waals surface area contributed by atoms with Crippen LogP contribution in [0.5, 0.6) is 0 Å². The van der Waals surface area contributed by atoms with Crippen molar-refractivity contribution in [2.75, 3.05) is 5.32 Å². The minimum Gasteiger partial charge on any atom is -0.479 e. The number of halogens is 1. The van der Waals surface area contributed by atoms with Gasteiger partial charge in [-0.15, -0.1) is 0 Å². The molecule has 5 nitrogen and oxygen atoms in total. The largest absolute Gasteiger partial charge is 0.479 e. The van der Waals surface area contributed by atoms with Crippen LogP contribution < -0.4 is 5.32 Å². The lowest BCUT2D eigenvalue weighted by Crippen LogP contribution is -2.22. The summed E-state index contributed by atoms with van der Waals surface area (Å²) < 4.78 is 14.0. The van der Waals surface area contributed by atoms with E-state index in [2.05, 4.69) is 15.3 Å². The van der Waals surface area contributed by atoms with Crippen molar-refractivity contribution in [2.45, 2.75) is 19.4 Å². The summed E-state index contributed by atoms with van der Waals surface area (Å²) in [7, 11) is 0. The number of nitrogens with zero attached hydrogens (tertiary/aromatic N) is 2. The van der Waals surface area contributed by atoms with E-state index in [1.165, 1.54) is 6.33 Å². The molecular weight excluding hydrogens is 261 g/mol. The molecular formula is C14H14FN3O2. The maximum absolute atomic E-state index is 14.0. The highest BCUT2D eigenvalue weighted by molar-refractivity contribution is 5.78. The van der Waals surface area contributed by atoms with Gasteiger partial charge in [-0.2, -0.15) is 0 Å². The van der Waals surface area contributed by atoms with E-state index < -0.39 is 17.8 Å². The van der Waals surface area contributed by atoms with Crippen molar-refractivity contribution in [3.8, 4) is 0 Å². The third kappa shape index (κ3) is 2.90. The zero-order valence-corrected chi connectivity index (χ0v) is 10.9. The molecule has 1 heterocycles. The summed E-state index contributed by atoms with van der Waals surface area (Å²) in [5.74, 6) is -1.82. The molecule has 2 N–H and O–H groups in total. The van der Waals surface area contributed by atoms with Crippen LogP contribution >= 0.6 is 0 Å². The minimum atomic E-state index is -1.10. The molecule has 1 aromatic carbocycles.